The van der Waals surface area contributed by atoms with Crippen molar-refractivity contribution in [3.05, 3.63) is 58.4 Å². The summed E-state index contributed by atoms with van der Waals surface area (Å²) in [5.41, 5.74) is -1.32. The van der Waals surface area contributed by atoms with Gasteiger partial charge in [0, 0.05) is 0 Å². The van der Waals surface area contributed by atoms with E-state index in [0.717, 1.165) is 0 Å². The van der Waals surface area contributed by atoms with Gasteiger partial charge in [-0.25, -0.2) is 26.7 Å². The topological polar surface area (TPSA) is 77.4 Å². The van der Waals surface area contributed by atoms with Gasteiger partial charge in [-0.15, -0.1) is 0 Å². The fourth-order valence-corrected chi connectivity index (χ4v) is 2.87. The van der Waals surface area contributed by atoms with Crippen molar-refractivity contribution in [1.29, 1.82) is 0 Å². The molecule has 7 nitrogen and oxygen atoms in total. The molecule has 174 valence electrons. The molecular formula is C21H15F5N2O5. The number of carbonyl (C=O) groups is 2. The van der Waals surface area contributed by atoms with Crippen LogP contribution >= 0.6 is 0 Å². The summed E-state index contributed by atoms with van der Waals surface area (Å²) < 4.78 is 83.7. The van der Waals surface area contributed by atoms with Crippen molar-refractivity contribution in [2.24, 2.45) is 5.10 Å². The van der Waals surface area contributed by atoms with E-state index in [-0.39, 0.29) is 34.4 Å². The van der Waals surface area contributed by atoms with E-state index in [4.69, 9.17) is 9.47 Å². The number of hydrogen-bond donors (Lipinski definition) is 0. The molecule has 33 heavy (non-hydrogen) atoms. The SMILES string of the molecule is COC(=O)COc1ccc(/C=C2/C(=O)N(c3c(F)c(F)c(F)c(F)c3F)N=C2C)cc1OC. The fourth-order valence-electron chi connectivity index (χ4n) is 2.87. The minimum absolute atomic E-state index is 0.0334. The van der Waals surface area contributed by atoms with Crippen LogP contribution in [0.4, 0.5) is 27.6 Å². The second kappa shape index (κ2) is 9.27. The van der Waals surface area contributed by atoms with Crippen molar-refractivity contribution in [3.63, 3.8) is 0 Å². The zero-order chi connectivity index (χ0) is 24.4. The Morgan fingerprint density at radius 3 is 2.18 bits per heavy atom. The number of amides is 1. The van der Waals surface area contributed by atoms with Gasteiger partial charge in [0.25, 0.3) is 5.91 Å². The number of hydrazone groups is 1. The Morgan fingerprint density at radius 2 is 1.61 bits per heavy atom. The van der Waals surface area contributed by atoms with Crippen molar-refractivity contribution < 1.29 is 45.8 Å². The highest BCUT2D eigenvalue weighted by Crippen LogP contribution is 2.35. The molecule has 0 unspecified atom stereocenters. The summed E-state index contributed by atoms with van der Waals surface area (Å²) in [7, 11) is 2.52. The monoisotopic (exact) mass is 470 g/mol. The predicted molar refractivity (Wildman–Crippen MR) is 105 cm³/mol. The molecule has 3 rings (SSSR count). The Morgan fingerprint density at radius 1 is 1.00 bits per heavy atom. The molecule has 12 heteroatoms. The Balaban J connectivity index is 1.96. The van der Waals surface area contributed by atoms with Crippen LogP contribution in [0.3, 0.4) is 0 Å². The Kier molecular flexibility index (Phi) is 6.65. The third-order valence-corrected chi connectivity index (χ3v) is 4.53. The first-order valence-electron chi connectivity index (χ1n) is 9.11. The van der Waals surface area contributed by atoms with Crippen molar-refractivity contribution in [3.8, 4) is 11.5 Å². The lowest BCUT2D eigenvalue weighted by molar-refractivity contribution is -0.142. The number of methoxy groups -OCH3 is 2. The Hall–Kier alpha value is -3.96. The van der Waals surface area contributed by atoms with Gasteiger partial charge in [0.2, 0.25) is 5.82 Å². The summed E-state index contributed by atoms with van der Waals surface area (Å²) >= 11 is 0. The number of ether oxygens (including phenoxy) is 3. The van der Waals surface area contributed by atoms with Crippen LogP contribution in [-0.2, 0) is 14.3 Å². The number of halogens is 5. The Bertz CT molecular complexity index is 1180. The molecule has 0 N–H and O–H groups in total. The lowest BCUT2D eigenvalue weighted by atomic mass is 10.1. The lowest BCUT2D eigenvalue weighted by Gasteiger charge is -2.15. The van der Waals surface area contributed by atoms with E-state index in [1.54, 1.807) is 0 Å². The number of hydrogen-bond acceptors (Lipinski definition) is 6. The minimum Gasteiger partial charge on any atom is -0.493 e. The van der Waals surface area contributed by atoms with E-state index >= 15 is 0 Å². The van der Waals surface area contributed by atoms with E-state index in [9.17, 15) is 31.5 Å². The highest BCUT2D eigenvalue weighted by Gasteiger charge is 2.37. The van der Waals surface area contributed by atoms with E-state index < -0.39 is 46.6 Å². The van der Waals surface area contributed by atoms with Crippen molar-refractivity contribution in [2.45, 2.75) is 6.92 Å². The van der Waals surface area contributed by atoms with Crippen LogP contribution < -0.4 is 14.5 Å². The van der Waals surface area contributed by atoms with Gasteiger partial charge in [0.05, 0.1) is 25.5 Å². The van der Waals surface area contributed by atoms with Crippen LogP contribution in [0.25, 0.3) is 6.08 Å². The Labute approximate surface area is 183 Å². The van der Waals surface area contributed by atoms with E-state index in [1.807, 2.05) is 0 Å². The summed E-state index contributed by atoms with van der Waals surface area (Å²) in [6.07, 6.45) is 1.28. The van der Waals surface area contributed by atoms with Crippen LogP contribution in [0, 0.1) is 29.1 Å². The predicted octanol–water partition coefficient (Wildman–Crippen LogP) is 3.75. The van der Waals surface area contributed by atoms with Gasteiger partial charge in [0.1, 0.15) is 5.69 Å². The molecule has 0 aliphatic carbocycles. The second-order valence-electron chi connectivity index (χ2n) is 6.55. The molecule has 2 aromatic rings. The molecule has 0 fully saturated rings. The molecule has 0 radical (unpaired) electrons. The maximum absolute atomic E-state index is 14.1. The summed E-state index contributed by atoms with van der Waals surface area (Å²) in [5, 5.41) is 3.77. The van der Waals surface area contributed by atoms with Crippen LogP contribution in [0.5, 0.6) is 11.5 Å². The quantitative estimate of drug-likeness (QED) is 0.211. The van der Waals surface area contributed by atoms with E-state index in [2.05, 4.69) is 9.84 Å². The molecule has 1 amide bonds. The largest absolute Gasteiger partial charge is 0.493 e. The van der Waals surface area contributed by atoms with Crippen molar-refractivity contribution in [1.82, 2.24) is 0 Å². The van der Waals surface area contributed by atoms with Crippen LogP contribution in [0.15, 0.2) is 28.9 Å². The van der Waals surface area contributed by atoms with Gasteiger partial charge < -0.3 is 14.2 Å². The van der Waals surface area contributed by atoms with Crippen LogP contribution in [0.1, 0.15) is 12.5 Å². The summed E-state index contributed by atoms with van der Waals surface area (Å²) in [4.78, 5) is 24.0. The summed E-state index contributed by atoms with van der Waals surface area (Å²) in [6.45, 7) is 0.940. The molecule has 0 bridgehead atoms. The molecule has 0 spiro atoms. The highest BCUT2D eigenvalue weighted by atomic mass is 19.2. The molecule has 1 aliphatic rings. The first kappa shape index (κ1) is 23.7. The first-order chi connectivity index (χ1) is 15.6. The zero-order valence-electron chi connectivity index (χ0n) is 17.3. The average Bonchev–Trinajstić information content (AvgIpc) is 3.08. The van der Waals surface area contributed by atoms with Gasteiger partial charge in [-0.1, -0.05) is 6.07 Å². The first-order valence-corrected chi connectivity index (χ1v) is 9.11. The van der Waals surface area contributed by atoms with Gasteiger partial charge in [-0.3, -0.25) is 4.79 Å². The molecule has 2 aromatic carbocycles. The maximum Gasteiger partial charge on any atom is 0.343 e. The molecule has 0 saturated heterocycles. The molecule has 0 aromatic heterocycles. The van der Waals surface area contributed by atoms with E-state index in [0.29, 0.717) is 5.56 Å². The van der Waals surface area contributed by atoms with Gasteiger partial charge in [-0.05, 0) is 30.7 Å². The molecule has 1 heterocycles. The third kappa shape index (κ3) is 4.36. The standard InChI is InChI=1S/C21H15F5N2O5/c1-9-11(6-10-4-5-12(13(7-10)31-2)33-8-14(29)32-3)21(30)28(27-9)20-18(25)16(23)15(22)17(24)19(20)26/h4-7H,8H2,1-3H3/b11-6+. The highest BCUT2D eigenvalue weighted by molar-refractivity contribution is 6.32. The number of rotatable bonds is 6. The number of nitrogens with zero attached hydrogens (tertiary/aromatic N) is 2. The summed E-state index contributed by atoms with van der Waals surface area (Å²) in [5.74, 6) is -12.5. The van der Waals surface area contributed by atoms with Gasteiger partial charge in [0.15, 0.2) is 41.4 Å². The number of esters is 1. The van der Waals surface area contributed by atoms with Crippen LogP contribution in [0.2, 0.25) is 0 Å². The van der Waals surface area contributed by atoms with Crippen molar-refractivity contribution >= 4 is 29.4 Å². The molecule has 0 saturated carbocycles. The number of benzene rings is 2. The smallest absolute Gasteiger partial charge is 0.343 e. The fraction of sp³-hybridized carbons (Fsp3) is 0.190. The molecular weight excluding hydrogens is 455 g/mol. The van der Waals surface area contributed by atoms with Crippen molar-refractivity contribution in [2.75, 3.05) is 25.8 Å². The van der Waals surface area contributed by atoms with Gasteiger partial charge in [-0.2, -0.15) is 10.1 Å². The lowest BCUT2D eigenvalue weighted by Crippen LogP contribution is -2.25. The third-order valence-electron chi connectivity index (χ3n) is 4.53. The normalized spacial score (nSPS) is 14.5. The summed E-state index contributed by atoms with van der Waals surface area (Å²) in [6, 6.07) is 4.34. The van der Waals surface area contributed by atoms with Crippen LogP contribution in [-0.4, -0.2) is 38.4 Å². The molecule has 0 atom stereocenters. The minimum atomic E-state index is -2.35. The number of anilines is 1. The van der Waals surface area contributed by atoms with E-state index in [1.165, 1.54) is 45.4 Å². The molecule has 1 aliphatic heterocycles. The zero-order valence-corrected chi connectivity index (χ0v) is 17.3. The number of carbonyl (C=O) groups excluding carboxylic acids is 2. The second-order valence-corrected chi connectivity index (χ2v) is 6.55. The van der Waals surface area contributed by atoms with Gasteiger partial charge >= 0.3 is 5.97 Å². The average molecular weight is 470 g/mol. The maximum atomic E-state index is 14.1.